The van der Waals surface area contributed by atoms with Crippen LogP contribution in [0.3, 0.4) is 0 Å². The zero-order valence-electron chi connectivity index (χ0n) is 11.3. The molecule has 0 aromatic carbocycles. The number of carboxylic acid groups (broad SMARTS) is 1. The molecule has 1 rings (SSSR count). The Kier molecular flexibility index (Phi) is 7.88. The summed E-state index contributed by atoms with van der Waals surface area (Å²) >= 11 is 0. The molecule has 0 aliphatic heterocycles. The second kappa shape index (κ2) is 8.57. The second-order valence-electron chi connectivity index (χ2n) is 4.14. The van der Waals surface area contributed by atoms with E-state index in [1.54, 1.807) is 38.4 Å². The largest absolute Gasteiger partial charge is 1.00 e. The maximum atomic E-state index is 11.4. The molecule has 0 radical (unpaired) electrons. The van der Waals surface area contributed by atoms with Crippen molar-refractivity contribution < 1.29 is 38.3 Å². The molecule has 1 amide bonds. The smallest absolute Gasteiger partial charge is 0.480 e. The first kappa shape index (κ1) is 17.5. The number of amides is 1. The van der Waals surface area contributed by atoms with Crippen molar-refractivity contribution in [3.05, 3.63) is 30.1 Å². The number of ether oxygens (including phenoxy) is 1. The zero-order valence-corrected chi connectivity index (χ0v) is 11.3. The predicted octanol–water partition coefficient (Wildman–Crippen LogP) is -1.58. The monoisotopic (exact) mass is 259 g/mol. The van der Waals surface area contributed by atoms with Crippen molar-refractivity contribution in [2.24, 2.45) is 5.92 Å². The number of carbonyl (C=O) groups excluding carboxylic acids is 1. The minimum absolute atomic E-state index is 0. The molecule has 0 saturated heterocycles. The normalized spacial score (nSPS) is 11.3. The van der Waals surface area contributed by atoms with Gasteiger partial charge in [0.15, 0.2) is 0 Å². The molecule has 98 valence electrons. The molecule has 1 aromatic rings. The third kappa shape index (κ3) is 6.27. The van der Waals surface area contributed by atoms with E-state index in [2.05, 4.69) is 10.3 Å². The molecule has 0 aliphatic carbocycles. The van der Waals surface area contributed by atoms with Gasteiger partial charge in [0, 0.05) is 18.0 Å². The van der Waals surface area contributed by atoms with Crippen molar-refractivity contribution >= 4 is 12.1 Å². The van der Waals surface area contributed by atoms with Crippen LogP contribution in [0.5, 0.6) is 0 Å². The van der Waals surface area contributed by atoms with Gasteiger partial charge < -0.3 is 15.2 Å². The Morgan fingerprint density at radius 1 is 1.47 bits per heavy atom. The number of aromatic nitrogens is 1. The average molecular weight is 259 g/mol. The maximum Gasteiger partial charge on any atom is 1.00 e. The summed E-state index contributed by atoms with van der Waals surface area (Å²) in [5, 5.41) is 11.2. The number of nitrogens with one attached hydrogen (secondary N) is 1. The van der Waals surface area contributed by atoms with E-state index in [9.17, 15) is 9.59 Å². The molecule has 0 spiro atoms. The Morgan fingerprint density at radius 3 is 2.63 bits per heavy atom. The number of hydrogen-bond donors (Lipinski definition) is 2. The molecular formula is C12H16LiN2O4+. The first-order valence-corrected chi connectivity index (χ1v) is 5.55. The Balaban J connectivity index is 0.00000324. The van der Waals surface area contributed by atoms with Crippen LogP contribution < -0.4 is 24.2 Å². The van der Waals surface area contributed by atoms with E-state index < -0.39 is 18.1 Å². The third-order valence-corrected chi connectivity index (χ3v) is 2.30. The van der Waals surface area contributed by atoms with Gasteiger partial charge in [-0.2, -0.15) is 0 Å². The SMILES string of the molecule is CC(C)C(NC(=O)OCc1cccnc1)C(=O)O.[Li+]. The van der Waals surface area contributed by atoms with Crippen molar-refractivity contribution in [2.45, 2.75) is 26.5 Å². The summed E-state index contributed by atoms with van der Waals surface area (Å²) in [6, 6.07) is 2.54. The van der Waals surface area contributed by atoms with Crippen molar-refractivity contribution in [2.75, 3.05) is 0 Å². The molecule has 1 atom stereocenters. The van der Waals surface area contributed by atoms with E-state index in [0.717, 1.165) is 5.56 Å². The molecule has 0 saturated carbocycles. The standard InChI is InChI=1S/C12H16N2O4.Li/c1-8(2)10(11(15)16)14-12(17)18-7-9-4-3-5-13-6-9;/h3-6,8,10H,7H2,1-2H3,(H,14,17)(H,15,16);/q;+1. The predicted molar refractivity (Wildman–Crippen MR) is 63.8 cm³/mol. The Hall–Kier alpha value is -1.51. The number of alkyl carbamates (subject to hydrolysis) is 1. The van der Waals surface area contributed by atoms with Gasteiger partial charge in [0.05, 0.1) is 0 Å². The second-order valence-corrected chi connectivity index (χ2v) is 4.14. The van der Waals surface area contributed by atoms with Gasteiger partial charge in [-0.1, -0.05) is 19.9 Å². The first-order valence-electron chi connectivity index (χ1n) is 5.55. The van der Waals surface area contributed by atoms with Crippen LogP contribution in [-0.4, -0.2) is 28.2 Å². The summed E-state index contributed by atoms with van der Waals surface area (Å²) in [6.45, 7) is 3.48. The fourth-order valence-electron chi connectivity index (χ4n) is 1.31. The van der Waals surface area contributed by atoms with Gasteiger partial charge in [0.1, 0.15) is 12.6 Å². The van der Waals surface area contributed by atoms with Crippen LogP contribution in [0.15, 0.2) is 24.5 Å². The minimum Gasteiger partial charge on any atom is -0.480 e. The Bertz CT molecular complexity index is 411. The quantitative estimate of drug-likeness (QED) is 0.623. The molecule has 19 heavy (non-hydrogen) atoms. The van der Waals surface area contributed by atoms with E-state index >= 15 is 0 Å². The van der Waals surface area contributed by atoms with Crippen molar-refractivity contribution in [1.82, 2.24) is 10.3 Å². The summed E-state index contributed by atoms with van der Waals surface area (Å²) in [4.78, 5) is 26.2. The van der Waals surface area contributed by atoms with Crippen LogP contribution in [0, 0.1) is 5.92 Å². The van der Waals surface area contributed by atoms with Gasteiger partial charge in [-0.3, -0.25) is 4.98 Å². The van der Waals surface area contributed by atoms with Gasteiger partial charge >= 0.3 is 30.9 Å². The van der Waals surface area contributed by atoms with Crippen LogP contribution >= 0.6 is 0 Å². The van der Waals surface area contributed by atoms with E-state index in [-0.39, 0.29) is 31.4 Å². The summed E-state index contributed by atoms with van der Waals surface area (Å²) in [7, 11) is 0. The molecule has 1 unspecified atom stereocenters. The number of rotatable bonds is 5. The number of nitrogens with zero attached hydrogens (tertiary/aromatic N) is 1. The molecule has 2 N–H and O–H groups in total. The topological polar surface area (TPSA) is 88.5 Å². The minimum atomic E-state index is -1.08. The van der Waals surface area contributed by atoms with E-state index in [1.807, 2.05) is 0 Å². The average Bonchev–Trinajstić information content (AvgIpc) is 2.34. The Labute approximate surface area is 123 Å². The third-order valence-electron chi connectivity index (χ3n) is 2.30. The number of pyridine rings is 1. The summed E-state index contributed by atoms with van der Waals surface area (Å²) in [5.41, 5.74) is 0.740. The number of hydrogen-bond acceptors (Lipinski definition) is 4. The fourth-order valence-corrected chi connectivity index (χ4v) is 1.31. The summed E-state index contributed by atoms with van der Waals surface area (Å²) < 4.78 is 4.91. The first-order chi connectivity index (χ1) is 8.50. The Morgan fingerprint density at radius 2 is 2.16 bits per heavy atom. The molecule has 0 fully saturated rings. The molecule has 1 aromatic heterocycles. The van der Waals surface area contributed by atoms with Crippen LogP contribution in [0.4, 0.5) is 4.79 Å². The van der Waals surface area contributed by atoms with Gasteiger partial charge in [-0.05, 0) is 12.0 Å². The van der Waals surface area contributed by atoms with Crippen LogP contribution in [0.2, 0.25) is 0 Å². The van der Waals surface area contributed by atoms with Crippen molar-refractivity contribution in [1.29, 1.82) is 0 Å². The summed E-state index contributed by atoms with van der Waals surface area (Å²) in [6.07, 6.45) is 2.44. The van der Waals surface area contributed by atoms with Crippen LogP contribution in [0.1, 0.15) is 19.4 Å². The number of aliphatic carboxylic acids is 1. The molecule has 6 nitrogen and oxygen atoms in total. The van der Waals surface area contributed by atoms with Gasteiger partial charge in [0.2, 0.25) is 0 Å². The van der Waals surface area contributed by atoms with Crippen molar-refractivity contribution in [3.63, 3.8) is 0 Å². The van der Waals surface area contributed by atoms with Crippen LogP contribution in [-0.2, 0) is 16.1 Å². The molecule has 7 heteroatoms. The van der Waals surface area contributed by atoms with Crippen LogP contribution in [0.25, 0.3) is 0 Å². The zero-order chi connectivity index (χ0) is 13.5. The van der Waals surface area contributed by atoms with E-state index in [1.165, 1.54) is 0 Å². The van der Waals surface area contributed by atoms with E-state index in [0.29, 0.717) is 0 Å². The summed E-state index contributed by atoms with van der Waals surface area (Å²) in [5.74, 6) is -1.29. The van der Waals surface area contributed by atoms with Gasteiger partial charge in [0.25, 0.3) is 0 Å². The van der Waals surface area contributed by atoms with Crippen molar-refractivity contribution in [3.8, 4) is 0 Å². The number of carbonyl (C=O) groups is 2. The molecular weight excluding hydrogens is 243 g/mol. The van der Waals surface area contributed by atoms with Gasteiger partial charge in [-0.15, -0.1) is 0 Å². The molecule has 1 heterocycles. The molecule has 0 bridgehead atoms. The maximum absolute atomic E-state index is 11.4. The molecule has 0 aliphatic rings. The van der Waals surface area contributed by atoms with Gasteiger partial charge in [-0.25, -0.2) is 9.59 Å². The fraction of sp³-hybridized carbons (Fsp3) is 0.417. The number of carboxylic acids is 1. The van der Waals surface area contributed by atoms with E-state index in [4.69, 9.17) is 9.84 Å².